The molecule has 0 aliphatic carbocycles. The summed E-state index contributed by atoms with van der Waals surface area (Å²) in [7, 11) is 0. The molecule has 0 fully saturated rings. The molecule has 0 atom stereocenters. The van der Waals surface area contributed by atoms with E-state index in [4.69, 9.17) is 0 Å². The molecule has 2 N–H and O–H groups in total. The van der Waals surface area contributed by atoms with Crippen molar-refractivity contribution in [2.75, 3.05) is 5.32 Å². The quantitative estimate of drug-likeness (QED) is 0.639. The van der Waals surface area contributed by atoms with E-state index >= 15 is 0 Å². The first-order valence-electron chi connectivity index (χ1n) is 5.64. The summed E-state index contributed by atoms with van der Waals surface area (Å²) in [6.07, 6.45) is 0. The Balaban J connectivity index is 2.33. The van der Waals surface area contributed by atoms with Crippen molar-refractivity contribution >= 4 is 59.4 Å². The first-order valence-corrected chi connectivity index (χ1v) is 8.02. The minimum Gasteiger partial charge on any atom is -0.508 e. The van der Waals surface area contributed by atoms with Crippen LogP contribution in [0.15, 0.2) is 43.7 Å². The Hall–Kier alpha value is -0.850. The van der Waals surface area contributed by atoms with E-state index in [1.807, 2.05) is 12.1 Å². The first kappa shape index (κ1) is 15.5. The normalized spacial score (nSPS) is 10.4. The summed E-state index contributed by atoms with van der Waals surface area (Å²) >= 11 is 10.2. The molecular formula is C14H10Br3NO2. The highest BCUT2D eigenvalue weighted by atomic mass is 79.9. The van der Waals surface area contributed by atoms with Gasteiger partial charge in [0.1, 0.15) is 5.75 Å². The lowest BCUT2D eigenvalue weighted by molar-refractivity contribution is 0.102. The number of amides is 1. The van der Waals surface area contributed by atoms with Gasteiger partial charge >= 0.3 is 0 Å². The number of hydrogen-bond donors (Lipinski definition) is 2. The van der Waals surface area contributed by atoms with Gasteiger partial charge in [-0.15, -0.1) is 0 Å². The van der Waals surface area contributed by atoms with Gasteiger partial charge in [-0.3, -0.25) is 4.79 Å². The molecule has 0 saturated carbocycles. The largest absolute Gasteiger partial charge is 0.508 e. The molecule has 1 amide bonds. The van der Waals surface area contributed by atoms with Crippen LogP contribution >= 0.6 is 47.8 Å². The second-order valence-electron chi connectivity index (χ2n) is 4.20. The van der Waals surface area contributed by atoms with Crippen LogP contribution < -0.4 is 5.32 Å². The fourth-order valence-corrected chi connectivity index (χ4v) is 4.20. The van der Waals surface area contributed by atoms with Gasteiger partial charge < -0.3 is 10.4 Å². The number of carbonyl (C=O) groups is 1. The van der Waals surface area contributed by atoms with Gasteiger partial charge in [0, 0.05) is 19.0 Å². The van der Waals surface area contributed by atoms with Crippen LogP contribution in [-0.4, -0.2) is 11.0 Å². The number of aryl methyl sites for hydroxylation is 1. The van der Waals surface area contributed by atoms with E-state index in [1.54, 1.807) is 19.1 Å². The Labute approximate surface area is 141 Å². The lowest BCUT2D eigenvalue weighted by Crippen LogP contribution is -2.14. The van der Waals surface area contributed by atoms with E-state index < -0.39 is 0 Å². The molecule has 0 bridgehead atoms. The maximum Gasteiger partial charge on any atom is 0.255 e. The van der Waals surface area contributed by atoms with Crippen LogP contribution in [0.1, 0.15) is 15.9 Å². The number of benzene rings is 2. The molecule has 20 heavy (non-hydrogen) atoms. The zero-order valence-electron chi connectivity index (χ0n) is 10.4. The number of carbonyl (C=O) groups excluding carboxylic acids is 1. The van der Waals surface area contributed by atoms with Gasteiger partial charge in [-0.1, -0.05) is 15.9 Å². The first-order chi connectivity index (χ1) is 9.38. The standard InChI is InChI=1S/C14H10Br3NO2/c1-7-4-9(19)2-3-10(7)14(20)18-13-11(16)5-8(15)6-12(13)17/h2-6,19H,1H3,(H,18,20). The van der Waals surface area contributed by atoms with Gasteiger partial charge in [-0.2, -0.15) is 0 Å². The van der Waals surface area contributed by atoms with E-state index in [9.17, 15) is 9.90 Å². The molecule has 0 aliphatic rings. The second kappa shape index (κ2) is 6.28. The molecule has 0 spiro atoms. The van der Waals surface area contributed by atoms with Crippen LogP contribution in [0.25, 0.3) is 0 Å². The molecule has 2 aromatic carbocycles. The number of anilines is 1. The molecule has 0 heterocycles. The molecule has 6 heteroatoms. The highest BCUT2D eigenvalue weighted by Gasteiger charge is 2.14. The van der Waals surface area contributed by atoms with Gasteiger partial charge in [0.05, 0.1) is 5.69 Å². The molecule has 0 unspecified atom stereocenters. The van der Waals surface area contributed by atoms with Crippen LogP contribution in [0.2, 0.25) is 0 Å². The summed E-state index contributed by atoms with van der Waals surface area (Å²) in [5, 5.41) is 12.2. The van der Waals surface area contributed by atoms with Crippen molar-refractivity contribution in [1.82, 2.24) is 0 Å². The Morgan fingerprint density at radius 3 is 2.25 bits per heavy atom. The number of rotatable bonds is 2. The summed E-state index contributed by atoms with van der Waals surface area (Å²) < 4.78 is 2.43. The van der Waals surface area contributed by atoms with E-state index in [-0.39, 0.29) is 11.7 Å². The van der Waals surface area contributed by atoms with Crippen molar-refractivity contribution in [2.24, 2.45) is 0 Å². The van der Waals surface area contributed by atoms with Gasteiger partial charge in [0.2, 0.25) is 0 Å². The third kappa shape index (κ3) is 3.42. The predicted octanol–water partition coefficient (Wildman–Crippen LogP) is 5.24. The maximum atomic E-state index is 12.3. The average Bonchev–Trinajstić information content (AvgIpc) is 2.33. The average molecular weight is 464 g/mol. The minimum absolute atomic E-state index is 0.144. The Morgan fingerprint density at radius 1 is 1.10 bits per heavy atom. The van der Waals surface area contributed by atoms with E-state index in [1.165, 1.54) is 6.07 Å². The fourth-order valence-electron chi connectivity index (χ4n) is 1.75. The van der Waals surface area contributed by atoms with Crippen molar-refractivity contribution < 1.29 is 9.90 Å². The Kier molecular flexibility index (Phi) is 4.88. The molecule has 0 aromatic heterocycles. The van der Waals surface area contributed by atoms with Crippen molar-refractivity contribution in [3.05, 3.63) is 54.9 Å². The summed E-state index contributed by atoms with van der Waals surface area (Å²) in [5.74, 6) is -0.0868. The van der Waals surface area contributed by atoms with Crippen molar-refractivity contribution in [1.29, 1.82) is 0 Å². The molecule has 0 radical (unpaired) electrons. The number of phenolic OH excluding ortho intramolecular Hbond substituents is 1. The van der Waals surface area contributed by atoms with Crippen LogP contribution in [0.3, 0.4) is 0 Å². The van der Waals surface area contributed by atoms with Crippen molar-refractivity contribution in [3.8, 4) is 5.75 Å². The number of hydrogen-bond acceptors (Lipinski definition) is 2. The fraction of sp³-hybridized carbons (Fsp3) is 0.0714. The summed E-state index contributed by atoms with van der Waals surface area (Å²) in [4.78, 5) is 12.3. The molecule has 3 nitrogen and oxygen atoms in total. The van der Waals surface area contributed by atoms with Gasteiger partial charge in [0.15, 0.2) is 0 Å². The van der Waals surface area contributed by atoms with Crippen molar-refractivity contribution in [3.63, 3.8) is 0 Å². The van der Waals surface area contributed by atoms with Gasteiger partial charge in [-0.25, -0.2) is 0 Å². The van der Waals surface area contributed by atoms with Crippen LogP contribution in [0, 0.1) is 6.92 Å². The van der Waals surface area contributed by atoms with E-state index in [0.717, 1.165) is 13.4 Å². The topological polar surface area (TPSA) is 49.3 Å². The SMILES string of the molecule is Cc1cc(O)ccc1C(=O)Nc1c(Br)cc(Br)cc1Br. The Morgan fingerprint density at radius 2 is 1.70 bits per heavy atom. The lowest BCUT2D eigenvalue weighted by atomic mass is 10.1. The summed E-state index contributed by atoms with van der Waals surface area (Å²) in [6, 6.07) is 8.35. The zero-order chi connectivity index (χ0) is 14.9. The molecular weight excluding hydrogens is 454 g/mol. The van der Waals surface area contributed by atoms with Crippen LogP contribution in [-0.2, 0) is 0 Å². The molecule has 2 aromatic rings. The monoisotopic (exact) mass is 461 g/mol. The van der Waals surface area contributed by atoms with Crippen LogP contribution in [0.5, 0.6) is 5.75 Å². The summed E-state index contributed by atoms with van der Waals surface area (Å²) in [5.41, 5.74) is 1.89. The van der Waals surface area contributed by atoms with Gasteiger partial charge in [-0.05, 0) is 74.7 Å². The highest BCUT2D eigenvalue weighted by Crippen LogP contribution is 2.34. The van der Waals surface area contributed by atoms with Crippen molar-refractivity contribution in [2.45, 2.75) is 6.92 Å². The third-order valence-corrected chi connectivity index (χ3v) is 4.41. The third-order valence-electron chi connectivity index (χ3n) is 2.70. The molecule has 104 valence electrons. The molecule has 2 rings (SSSR count). The number of halogens is 3. The zero-order valence-corrected chi connectivity index (χ0v) is 15.1. The van der Waals surface area contributed by atoms with Crippen LogP contribution in [0.4, 0.5) is 5.69 Å². The number of nitrogens with one attached hydrogen (secondary N) is 1. The summed E-state index contributed by atoms with van der Waals surface area (Å²) in [6.45, 7) is 1.78. The van der Waals surface area contributed by atoms with Gasteiger partial charge in [0.25, 0.3) is 5.91 Å². The lowest BCUT2D eigenvalue weighted by Gasteiger charge is -2.12. The Bertz CT molecular complexity index is 663. The molecule has 0 saturated heterocycles. The number of phenols is 1. The second-order valence-corrected chi connectivity index (χ2v) is 6.82. The van der Waals surface area contributed by atoms with E-state index in [2.05, 4.69) is 53.1 Å². The minimum atomic E-state index is -0.230. The molecule has 0 aliphatic heterocycles. The van der Waals surface area contributed by atoms with E-state index in [0.29, 0.717) is 16.8 Å². The highest BCUT2D eigenvalue weighted by molar-refractivity contribution is 9.11. The predicted molar refractivity (Wildman–Crippen MR) is 90.3 cm³/mol. The smallest absolute Gasteiger partial charge is 0.255 e. The number of aromatic hydroxyl groups is 1. The maximum absolute atomic E-state index is 12.3.